The number of carbonyl (C=O) groups excluding carboxylic acids is 1. The van der Waals surface area contributed by atoms with Crippen molar-refractivity contribution in [2.24, 2.45) is 0 Å². The van der Waals surface area contributed by atoms with Gasteiger partial charge < -0.3 is 19.8 Å². The molecule has 9 heteroatoms. The summed E-state index contributed by atoms with van der Waals surface area (Å²) in [5.74, 6) is -0.189. The molecule has 0 bridgehead atoms. The third-order valence-corrected chi connectivity index (χ3v) is 14.7. The Bertz CT molecular complexity index is 1290. The fourth-order valence-corrected chi connectivity index (χ4v) is 9.69. The first-order valence-corrected chi connectivity index (χ1v) is 32.0. The number of amides is 1. The molecule has 0 aliphatic carbocycles. The molecule has 71 heavy (non-hydrogen) atoms. The maximum Gasteiger partial charge on any atom is 0.472 e. The number of hydrogen-bond acceptors (Lipinski definition) is 5. The average Bonchev–Trinajstić information content (AvgIpc) is 3.33. The van der Waals surface area contributed by atoms with Crippen molar-refractivity contribution in [1.82, 2.24) is 5.32 Å². The molecule has 0 saturated heterocycles. The van der Waals surface area contributed by atoms with Gasteiger partial charge >= 0.3 is 7.82 Å². The molecule has 8 nitrogen and oxygen atoms in total. The van der Waals surface area contributed by atoms with Crippen LogP contribution in [0.1, 0.15) is 290 Å². The Hall–Kier alpha value is -1.54. The third-order valence-electron chi connectivity index (χ3n) is 13.7. The molecular formula is C62H120N2O6P+. The Kier molecular flexibility index (Phi) is 52.1. The summed E-state index contributed by atoms with van der Waals surface area (Å²) in [7, 11) is 1.55. The van der Waals surface area contributed by atoms with Crippen LogP contribution in [0.5, 0.6) is 0 Å². The van der Waals surface area contributed by atoms with E-state index < -0.39 is 20.0 Å². The maximum atomic E-state index is 13.0. The number of phosphoric acid groups is 1. The summed E-state index contributed by atoms with van der Waals surface area (Å²) >= 11 is 0. The molecule has 1 amide bonds. The number of aliphatic hydroxyl groups is 1. The zero-order valence-electron chi connectivity index (χ0n) is 47.7. The molecule has 418 valence electrons. The monoisotopic (exact) mass is 1020 g/mol. The van der Waals surface area contributed by atoms with Crippen molar-refractivity contribution in [2.75, 3.05) is 40.9 Å². The highest BCUT2D eigenvalue weighted by molar-refractivity contribution is 7.47. The van der Waals surface area contributed by atoms with E-state index in [4.69, 9.17) is 9.05 Å². The lowest BCUT2D eigenvalue weighted by Gasteiger charge is -2.25. The first kappa shape index (κ1) is 69.5. The number of hydrogen-bond donors (Lipinski definition) is 3. The molecule has 0 spiro atoms. The summed E-state index contributed by atoms with van der Waals surface area (Å²) < 4.78 is 23.7. The predicted molar refractivity (Wildman–Crippen MR) is 309 cm³/mol. The van der Waals surface area contributed by atoms with E-state index in [1.165, 1.54) is 225 Å². The largest absolute Gasteiger partial charge is 0.472 e. The number of nitrogens with one attached hydrogen (secondary N) is 1. The van der Waals surface area contributed by atoms with Gasteiger partial charge in [0, 0.05) is 6.42 Å². The standard InChI is InChI=1S/C62H119N2O6P/c1-6-8-10-12-14-16-18-20-22-24-26-28-30-31-32-33-34-36-38-40-42-44-46-48-50-52-54-56-62(66)63-60(59-70-71(67,68)69-58-57-64(3,4)5)61(65)55-53-51-49-47-45-43-41-39-37-35-29-27-25-23-21-19-17-15-13-11-9-7-2/h31-32,37,39,45,47,53,55,60-61,65H,6-30,33-36,38,40-44,46,48-52,54,56-59H2,1-5H3,(H-,63,66,67,68)/p+1/b32-31-,39-37+,47-45+,55-53+. The van der Waals surface area contributed by atoms with Crippen molar-refractivity contribution in [3.63, 3.8) is 0 Å². The number of carbonyl (C=O) groups is 1. The van der Waals surface area contributed by atoms with Gasteiger partial charge in [-0.1, -0.05) is 262 Å². The fraction of sp³-hybridized carbons (Fsp3) is 0.855. The van der Waals surface area contributed by atoms with E-state index in [9.17, 15) is 19.4 Å². The van der Waals surface area contributed by atoms with Gasteiger partial charge in [0.2, 0.25) is 5.91 Å². The molecule has 0 aromatic carbocycles. The minimum absolute atomic E-state index is 0.0533. The van der Waals surface area contributed by atoms with Crippen LogP contribution >= 0.6 is 7.82 Å². The second kappa shape index (κ2) is 53.3. The highest BCUT2D eigenvalue weighted by Gasteiger charge is 2.27. The normalized spacial score (nSPS) is 14.2. The summed E-state index contributed by atoms with van der Waals surface area (Å²) in [5, 5.41) is 13.9. The van der Waals surface area contributed by atoms with Crippen LogP contribution < -0.4 is 5.32 Å². The fourth-order valence-electron chi connectivity index (χ4n) is 8.95. The predicted octanol–water partition coefficient (Wildman–Crippen LogP) is 18.7. The molecule has 0 radical (unpaired) electrons. The minimum Gasteiger partial charge on any atom is -0.387 e. The Morgan fingerprint density at radius 2 is 0.775 bits per heavy atom. The first-order chi connectivity index (χ1) is 34.5. The van der Waals surface area contributed by atoms with Crippen LogP contribution in [-0.4, -0.2) is 73.4 Å². The molecule has 3 unspecified atom stereocenters. The molecule has 0 rings (SSSR count). The second-order valence-corrected chi connectivity index (χ2v) is 23.5. The molecule has 0 aliphatic rings. The lowest BCUT2D eigenvalue weighted by atomic mass is 10.0. The molecule has 0 saturated carbocycles. The van der Waals surface area contributed by atoms with E-state index in [1.807, 2.05) is 27.2 Å². The van der Waals surface area contributed by atoms with E-state index in [2.05, 4.69) is 55.6 Å². The number of quaternary nitrogens is 1. The van der Waals surface area contributed by atoms with Crippen molar-refractivity contribution in [3.8, 4) is 0 Å². The van der Waals surface area contributed by atoms with Gasteiger partial charge in [0.25, 0.3) is 0 Å². The van der Waals surface area contributed by atoms with Gasteiger partial charge in [-0.2, -0.15) is 0 Å². The lowest BCUT2D eigenvalue weighted by Crippen LogP contribution is -2.45. The number of allylic oxidation sites excluding steroid dienone is 7. The van der Waals surface area contributed by atoms with Gasteiger partial charge in [-0.15, -0.1) is 0 Å². The van der Waals surface area contributed by atoms with Crippen LogP contribution in [0, 0.1) is 0 Å². The van der Waals surface area contributed by atoms with Crippen molar-refractivity contribution in [3.05, 3.63) is 48.6 Å². The summed E-state index contributed by atoms with van der Waals surface area (Å²) in [6.45, 7) is 4.82. The average molecular weight is 1020 g/mol. The molecule has 0 heterocycles. The van der Waals surface area contributed by atoms with E-state index in [0.717, 1.165) is 44.9 Å². The van der Waals surface area contributed by atoms with E-state index >= 15 is 0 Å². The molecule has 3 N–H and O–H groups in total. The van der Waals surface area contributed by atoms with E-state index in [-0.39, 0.29) is 19.1 Å². The van der Waals surface area contributed by atoms with Crippen molar-refractivity contribution < 1.29 is 32.9 Å². The number of rotatable bonds is 56. The first-order valence-electron chi connectivity index (χ1n) is 30.5. The number of nitrogens with zero attached hydrogens (tertiary/aromatic N) is 1. The smallest absolute Gasteiger partial charge is 0.387 e. The highest BCUT2D eigenvalue weighted by atomic mass is 31.2. The Labute approximate surface area is 441 Å². The van der Waals surface area contributed by atoms with Crippen molar-refractivity contribution >= 4 is 13.7 Å². The third kappa shape index (κ3) is 56.0. The van der Waals surface area contributed by atoms with Gasteiger partial charge in [0.05, 0.1) is 39.9 Å². The molecular weight excluding hydrogens is 900 g/mol. The van der Waals surface area contributed by atoms with Crippen LogP contribution in [0.4, 0.5) is 0 Å². The number of aliphatic hydroxyl groups excluding tert-OH is 1. The van der Waals surface area contributed by atoms with Crippen molar-refractivity contribution in [2.45, 2.75) is 302 Å². The van der Waals surface area contributed by atoms with Crippen molar-refractivity contribution in [1.29, 1.82) is 0 Å². The Morgan fingerprint density at radius 3 is 1.13 bits per heavy atom. The molecule has 0 fully saturated rings. The number of unbranched alkanes of at least 4 members (excludes halogenated alkanes) is 37. The van der Waals surface area contributed by atoms with Crippen LogP contribution in [0.25, 0.3) is 0 Å². The van der Waals surface area contributed by atoms with Crippen LogP contribution in [0.2, 0.25) is 0 Å². The summed E-state index contributed by atoms with van der Waals surface area (Å²) in [5.41, 5.74) is 0. The maximum absolute atomic E-state index is 13.0. The van der Waals surface area contributed by atoms with E-state index in [1.54, 1.807) is 6.08 Å². The Morgan fingerprint density at radius 1 is 0.465 bits per heavy atom. The highest BCUT2D eigenvalue weighted by Crippen LogP contribution is 2.43. The van der Waals surface area contributed by atoms with E-state index in [0.29, 0.717) is 17.4 Å². The molecule has 3 atom stereocenters. The molecule has 0 aliphatic heterocycles. The SMILES string of the molecule is CCCCCCCCCCCCCC/C=C\CCCCCCCCCCCCCC(=O)NC(COP(=O)(O)OCC[N+](C)(C)C)C(O)/C=C/CC/C=C/CC/C=C/CCCCCCCCCCCCCC. The lowest BCUT2D eigenvalue weighted by molar-refractivity contribution is -0.870. The van der Waals surface area contributed by atoms with Crippen LogP contribution in [0.15, 0.2) is 48.6 Å². The zero-order valence-corrected chi connectivity index (χ0v) is 48.6. The van der Waals surface area contributed by atoms with Gasteiger partial charge in [-0.25, -0.2) is 4.57 Å². The minimum atomic E-state index is -4.36. The molecule has 0 aromatic rings. The second-order valence-electron chi connectivity index (χ2n) is 22.1. The van der Waals surface area contributed by atoms with Gasteiger partial charge in [-0.3, -0.25) is 13.8 Å². The van der Waals surface area contributed by atoms with Crippen LogP contribution in [0.3, 0.4) is 0 Å². The van der Waals surface area contributed by atoms with Crippen LogP contribution in [-0.2, 0) is 18.4 Å². The zero-order chi connectivity index (χ0) is 52.0. The Balaban J connectivity index is 4.22. The topological polar surface area (TPSA) is 105 Å². The number of phosphoric ester groups is 1. The number of likely N-dealkylation sites (N-methyl/N-ethyl adjacent to an activating group) is 1. The van der Waals surface area contributed by atoms with Gasteiger partial charge in [0.15, 0.2) is 0 Å². The summed E-state index contributed by atoms with van der Waals surface area (Å²) in [4.78, 5) is 23.3. The summed E-state index contributed by atoms with van der Waals surface area (Å²) in [6.07, 6.45) is 70.9. The molecule has 0 aromatic heterocycles. The van der Waals surface area contributed by atoms with Gasteiger partial charge in [0.1, 0.15) is 13.2 Å². The summed E-state index contributed by atoms with van der Waals surface area (Å²) in [6, 6.07) is -0.871. The quantitative estimate of drug-likeness (QED) is 0.0243. The van der Waals surface area contributed by atoms with Gasteiger partial charge in [-0.05, 0) is 70.6 Å².